The molecule has 1 N–H and O–H groups in total. The van der Waals surface area contributed by atoms with Crippen LogP contribution in [0.15, 0.2) is 53.5 Å². The van der Waals surface area contributed by atoms with Gasteiger partial charge >= 0.3 is 0 Å². The van der Waals surface area contributed by atoms with Crippen LogP contribution in [0.3, 0.4) is 0 Å². The van der Waals surface area contributed by atoms with Crippen LogP contribution in [0.4, 0.5) is 0 Å². The number of benzene rings is 2. The lowest BCUT2D eigenvalue weighted by Gasteiger charge is -2.15. The third-order valence-electron chi connectivity index (χ3n) is 3.54. The Hall–Kier alpha value is -1.78. The molecule has 0 aliphatic heterocycles. The number of ether oxygens (including phenoxy) is 2. The molecule has 0 saturated heterocycles. The summed E-state index contributed by atoms with van der Waals surface area (Å²) in [6.07, 6.45) is 1.84. The lowest BCUT2D eigenvalue weighted by molar-refractivity contribution is 0.281. The van der Waals surface area contributed by atoms with Crippen molar-refractivity contribution in [3.8, 4) is 11.5 Å². The summed E-state index contributed by atoms with van der Waals surface area (Å²) in [5.74, 6) is 1.45. The van der Waals surface area contributed by atoms with Crippen molar-refractivity contribution in [3.05, 3.63) is 70.2 Å². The van der Waals surface area contributed by atoms with Gasteiger partial charge in [-0.3, -0.25) is 0 Å². The minimum absolute atomic E-state index is 0.510. The predicted octanol–water partition coefficient (Wildman–Crippen LogP) is 4.62. The van der Waals surface area contributed by atoms with E-state index in [2.05, 4.69) is 46.9 Å². The molecule has 3 nitrogen and oxygen atoms in total. The highest BCUT2D eigenvalue weighted by Gasteiger charge is 2.12. The quantitative estimate of drug-likeness (QED) is 0.539. The van der Waals surface area contributed by atoms with Gasteiger partial charge in [-0.05, 0) is 51.7 Å². The lowest BCUT2D eigenvalue weighted by atomic mass is 10.1. The first-order valence-electron chi connectivity index (χ1n) is 7.51. The molecule has 0 heterocycles. The van der Waals surface area contributed by atoms with Gasteiger partial charge in [-0.15, -0.1) is 6.58 Å². The standard InChI is InChI=1S/C19H22BrNO2/c1-4-9-21-12-15-10-17(20)19(18(11-15)22-3)23-13-16-8-6-5-7-14(16)2/h4-8,10-11,21H,1,9,12-13H2,2-3H3. The molecular formula is C19H22BrNO2. The van der Waals surface area contributed by atoms with Crippen molar-refractivity contribution in [2.45, 2.75) is 20.1 Å². The molecule has 0 radical (unpaired) electrons. The summed E-state index contributed by atoms with van der Waals surface area (Å²) in [7, 11) is 1.66. The van der Waals surface area contributed by atoms with Gasteiger partial charge < -0.3 is 14.8 Å². The van der Waals surface area contributed by atoms with E-state index >= 15 is 0 Å². The molecule has 0 spiro atoms. The minimum Gasteiger partial charge on any atom is -0.493 e. The molecular weight excluding hydrogens is 354 g/mol. The Morgan fingerprint density at radius 2 is 2.04 bits per heavy atom. The second-order valence-corrected chi connectivity index (χ2v) is 6.10. The molecule has 122 valence electrons. The van der Waals surface area contributed by atoms with Gasteiger partial charge in [-0.2, -0.15) is 0 Å². The van der Waals surface area contributed by atoms with Crippen LogP contribution < -0.4 is 14.8 Å². The summed E-state index contributed by atoms with van der Waals surface area (Å²) in [5, 5.41) is 3.28. The highest BCUT2D eigenvalue weighted by atomic mass is 79.9. The van der Waals surface area contributed by atoms with E-state index in [-0.39, 0.29) is 0 Å². The van der Waals surface area contributed by atoms with Crippen molar-refractivity contribution in [2.75, 3.05) is 13.7 Å². The summed E-state index contributed by atoms with van der Waals surface area (Å²) in [4.78, 5) is 0. The highest BCUT2D eigenvalue weighted by Crippen LogP contribution is 2.37. The molecule has 0 aliphatic rings. The average Bonchev–Trinajstić information content (AvgIpc) is 2.55. The molecule has 0 atom stereocenters. The van der Waals surface area contributed by atoms with Gasteiger partial charge in [-0.25, -0.2) is 0 Å². The largest absolute Gasteiger partial charge is 0.493 e. The summed E-state index contributed by atoms with van der Waals surface area (Å²) in [6, 6.07) is 12.2. The summed E-state index contributed by atoms with van der Waals surface area (Å²) >= 11 is 3.59. The molecule has 4 heteroatoms. The predicted molar refractivity (Wildman–Crippen MR) is 98.1 cm³/mol. The fourth-order valence-corrected chi connectivity index (χ4v) is 2.86. The van der Waals surface area contributed by atoms with E-state index < -0.39 is 0 Å². The number of rotatable bonds is 8. The summed E-state index contributed by atoms with van der Waals surface area (Å²) < 4.78 is 12.4. The molecule has 0 bridgehead atoms. The van der Waals surface area contributed by atoms with Crippen molar-refractivity contribution in [1.29, 1.82) is 0 Å². The van der Waals surface area contributed by atoms with E-state index in [9.17, 15) is 0 Å². The first kappa shape index (κ1) is 17.6. The Kier molecular flexibility index (Phi) is 6.68. The van der Waals surface area contributed by atoms with Crippen molar-refractivity contribution < 1.29 is 9.47 Å². The van der Waals surface area contributed by atoms with E-state index in [4.69, 9.17) is 9.47 Å². The van der Waals surface area contributed by atoms with Crippen molar-refractivity contribution in [2.24, 2.45) is 0 Å². The Labute approximate surface area is 146 Å². The molecule has 2 aromatic carbocycles. The van der Waals surface area contributed by atoms with E-state index in [0.717, 1.165) is 40.2 Å². The Morgan fingerprint density at radius 1 is 1.26 bits per heavy atom. The maximum Gasteiger partial charge on any atom is 0.175 e. The van der Waals surface area contributed by atoms with Crippen LogP contribution in [0.2, 0.25) is 0 Å². The fraction of sp³-hybridized carbons (Fsp3) is 0.263. The van der Waals surface area contributed by atoms with Gasteiger partial charge in [0.25, 0.3) is 0 Å². The van der Waals surface area contributed by atoms with Gasteiger partial charge in [0.15, 0.2) is 11.5 Å². The molecule has 0 fully saturated rings. The van der Waals surface area contributed by atoms with Crippen molar-refractivity contribution in [1.82, 2.24) is 5.32 Å². The van der Waals surface area contributed by atoms with E-state index in [1.165, 1.54) is 5.56 Å². The summed E-state index contributed by atoms with van der Waals surface area (Å²) in [5.41, 5.74) is 3.50. The number of halogens is 1. The maximum absolute atomic E-state index is 6.00. The third kappa shape index (κ3) is 4.85. The molecule has 0 saturated carbocycles. The second-order valence-electron chi connectivity index (χ2n) is 5.24. The molecule has 2 aromatic rings. The molecule has 0 aromatic heterocycles. The van der Waals surface area contributed by atoms with Crippen LogP contribution in [-0.4, -0.2) is 13.7 Å². The van der Waals surface area contributed by atoms with E-state index in [0.29, 0.717) is 6.61 Å². The Morgan fingerprint density at radius 3 is 2.74 bits per heavy atom. The third-order valence-corrected chi connectivity index (χ3v) is 4.13. The molecule has 2 rings (SSSR count). The van der Waals surface area contributed by atoms with Gasteiger partial charge in [0, 0.05) is 13.1 Å². The van der Waals surface area contributed by atoms with Gasteiger partial charge in [0.2, 0.25) is 0 Å². The average molecular weight is 376 g/mol. The number of hydrogen-bond acceptors (Lipinski definition) is 3. The molecule has 0 amide bonds. The zero-order valence-corrected chi connectivity index (χ0v) is 15.2. The normalized spacial score (nSPS) is 10.4. The summed E-state index contributed by atoms with van der Waals surface area (Å²) in [6.45, 7) is 7.81. The smallest absolute Gasteiger partial charge is 0.175 e. The first-order valence-corrected chi connectivity index (χ1v) is 8.30. The van der Waals surface area contributed by atoms with Crippen molar-refractivity contribution >= 4 is 15.9 Å². The topological polar surface area (TPSA) is 30.5 Å². The molecule has 0 unspecified atom stereocenters. The SMILES string of the molecule is C=CCNCc1cc(Br)c(OCc2ccccc2C)c(OC)c1. The van der Waals surface area contributed by atoms with Crippen LogP contribution in [0.1, 0.15) is 16.7 Å². The van der Waals surface area contributed by atoms with Gasteiger partial charge in [-0.1, -0.05) is 30.3 Å². The van der Waals surface area contributed by atoms with E-state index in [1.807, 2.05) is 30.3 Å². The highest BCUT2D eigenvalue weighted by molar-refractivity contribution is 9.10. The van der Waals surface area contributed by atoms with Crippen LogP contribution in [-0.2, 0) is 13.2 Å². The Bertz CT molecular complexity index is 670. The zero-order valence-electron chi connectivity index (χ0n) is 13.6. The van der Waals surface area contributed by atoms with Crippen LogP contribution in [0.25, 0.3) is 0 Å². The van der Waals surface area contributed by atoms with Gasteiger partial charge in [0.1, 0.15) is 6.61 Å². The fourth-order valence-electron chi connectivity index (χ4n) is 2.26. The maximum atomic E-state index is 6.00. The van der Waals surface area contributed by atoms with Crippen LogP contribution >= 0.6 is 15.9 Å². The molecule has 23 heavy (non-hydrogen) atoms. The number of aryl methyl sites for hydroxylation is 1. The number of nitrogens with one attached hydrogen (secondary N) is 1. The van der Waals surface area contributed by atoms with Crippen LogP contribution in [0.5, 0.6) is 11.5 Å². The first-order chi connectivity index (χ1) is 11.2. The van der Waals surface area contributed by atoms with E-state index in [1.54, 1.807) is 7.11 Å². The molecule has 0 aliphatic carbocycles. The monoisotopic (exact) mass is 375 g/mol. The minimum atomic E-state index is 0.510. The second kappa shape index (κ2) is 8.75. The van der Waals surface area contributed by atoms with Crippen LogP contribution in [0, 0.1) is 6.92 Å². The van der Waals surface area contributed by atoms with Crippen molar-refractivity contribution in [3.63, 3.8) is 0 Å². The lowest BCUT2D eigenvalue weighted by Crippen LogP contribution is -2.12. The number of methoxy groups -OCH3 is 1. The number of hydrogen-bond donors (Lipinski definition) is 1. The zero-order chi connectivity index (χ0) is 16.7. The Balaban J connectivity index is 2.14. The van der Waals surface area contributed by atoms with Gasteiger partial charge in [0.05, 0.1) is 11.6 Å².